The molecule has 6 heteroatoms. The number of aliphatic carboxylic acids is 1. The third-order valence-electron chi connectivity index (χ3n) is 3.06. The topological polar surface area (TPSA) is 49.8 Å². The van der Waals surface area contributed by atoms with Crippen LogP contribution in [0.25, 0.3) is 0 Å². The molecule has 0 aliphatic carbocycles. The minimum Gasteiger partial charge on any atom is -0.491 e. The molecule has 106 valence electrons. The van der Waals surface area contributed by atoms with Crippen molar-refractivity contribution in [3.8, 4) is 5.75 Å². The third-order valence-corrected chi connectivity index (χ3v) is 3.59. The summed E-state index contributed by atoms with van der Waals surface area (Å²) in [6.07, 6.45) is 0. The molecule has 0 aliphatic heterocycles. The van der Waals surface area contributed by atoms with E-state index in [1.165, 1.54) is 0 Å². The van der Waals surface area contributed by atoms with Crippen molar-refractivity contribution in [3.05, 3.63) is 28.2 Å². The number of carbonyl (C=O) groups is 1. The average Bonchev–Trinajstić information content (AvgIpc) is 2.31. The third kappa shape index (κ3) is 4.27. The highest BCUT2D eigenvalue weighted by atomic mass is 35.5. The van der Waals surface area contributed by atoms with Crippen molar-refractivity contribution in [1.29, 1.82) is 0 Å². The van der Waals surface area contributed by atoms with Crippen LogP contribution in [0.15, 0.2) is 18.2 Å². The molecule has 0 spiro atoms. The predicted molar refractivity (Wildman–Crippen MR) is 76.3 cm³/mol. The zero-order valence-electron chi connectivity index (χ0n) is 11.1. The standard InChI is InChI=1S/C13H17Cl2NO3/c1-13(2,12(17)18)16(3)6-7-19-11-5-4-9(14)8-10(11)15/h4-5,8H,6-7H2,1-3H3,(H,17,18). The molecule has 0 fully saturated rings. The molecule has 19 heavy (non-hydrogen) atoms. The Balaban J connectivity index is 2.53. The maximum absolute atomic E-state index is 11.1. The first-order valence-corrected chi connectivity index (χ1v) is 6.53. The summed E-state index contributed by atoms with van der Waals surface area (Å²) in [6, 6.07) is 4.98. The van der Waals surface area contributed by atoms with Gasteiger partial charge in [-0.2, -0.15) is 0 Å². The molecule has 4 nitrogen and oxygen atoms in total. The Morgan fingerprint density at radius 3 is 2.58 bits per heavy atom. The maximum Gasteiger partial charge on any atom is 0.323 e. The van der Waals surface area contributed by atoms with Crippen LogP contribution in [0.2, 0.25) is 10.0 Å². The summed E-state index contributed by atoms with van der Waals surface area (Å²) in [5.74, 6) is -0.341. The summed E-state index contributed by atoms with van der Waals surface area (Å²) >= 11 is 11.8. The van der Waals surface area contributed by atoms with E-state index in [0.717, 1.165) is 0 Å². The summed E-state index contributed by atoms with van der Waals surface area (Å²) in [5.41, 5.74) is -0.937. The first kappa shape index (κ1) is 16.1. The van der Waals surface area contributed by atoms with Crippen molar-refractivity contribution < 1.29 is 14.6 Å². The Morgan fingerprint density at radius 1 is 1.42 bits per heavy atom. The number of ether oxygens (including phenoxy) is 1. The van der Waals surface area contributed by atoms with Gasteiger partial charge in [0.25, 0.3) is 0 Å². The van der Waals surface area contributed by atoms with E-state index in [-0.39, 0.29) is 0 Å². The Hall–Kier alpha value is -0.970. The molecule has 0 radical (unpaired) electrons. The summed E-state index contributed by atoms with van der Waals surface area (Å²) in [4.78, 5) is 12.8. The molecule has 0 unspecified atom stereocenters. The Bertz CT molecular complexity index is 463. The van der Waals surface area contributed by atoms with Gasteiger partial charge in [0.15, 0.2) is 0 Å². The molecular weight excluding hydrogens is 289 g/mol. The van der Waals surface area contributed by atoms with Gasteiger partial charge in [-0.15, -0.1) is 0 Å². The quantitative estimate of drug-likeness (QED) is 0.877. The van der Waals surface area contributed by atoms with Gasteiger partial charge in [-0.05, 0) is 39.1 Å². The van der Waals surface area contributed by atoms with Gasteiger partial charge in [0.2, 0.25) is 0 Å². The fourth-order valence-corrected chi connectivity index (χ4v) is 1.79. The van der Waals surface area contributed by atoms with E-state index in [4.69, 9.17) is 33.0 Å². The van der Waals surface area contributed by atoms with E-state index in [1.807, 2.05) is 0 Å². The maximum atomic E-state index is 11.1. The SMILES string of the molecule is CN(CCOc1ccc(Cl)cc1Cl)C(C)(C)C(=O)O. The molecule has 0 heterocycles. The van der Waals surface area contributed by atoms with Gasteiger partial charge in [-0.25, -0.2) is 0 Å². The Morgan fingerprint density at radius 2 is 2.05 bits per heavy atom. The van der Waals surface area contributed by atoms with Crippen LogP contribution in [-0.2, 0) is 4.79 Å². The monoisotopic (exact) mass is 305 g/mol. The molecule has 0 amide bonds. The summed E-state index contributed by atoms with van der Waals surface area (Å²) < 4.78 is 5.51. The molecule has 0 saturated carbocycles. The van der Waals surface area contributed by atoms with Crippen LogP contribution in [0.4, 0.5) is 0 Å². The lowest BCUT2D eigenvalue weighted by atomic mass is 10.0. The molecule has 0 aromatic heterocycles. The van der Waals surface area contributed by atoms with Crippen molar-refractivity contribution in [2.45, 2.75) is 19.4 Å². The molecule has 0 bridgehead atoms. The first-order chi connectivity index (χ1) is 8.75. The van der Waals surface area contributed by atoms with Gasteiger partial charge in [0.1, 0.15) is 17.9 Å². The molecule has 0 atom stereocenters. The number of hydrogen-bond donors (Lipinski definition) is 1. The largest absolute Gasteiger partial charge is 0.491 e. The minimum absolute atomic E-state index is 0.342. The number of halogens is 2. The van der Waals surface area contributed by atoms with Gasteiger partial charge >= 0.3 is 5.97 Å². The van der Waals surface area contributed by atoms with Crippen molar-refractivity contribution in [3.63, 3.8) is 0 Å². The van der Waals surface area contributed by atoms with Gasteiger partial charge < -0.3 is 9.84 Å². The highest BCUT2D eigenvalue weighted by Gasteiger charge is 2.31. The second kappa shape index (κ2) is 6.46. The smallest absolute Gasteiger partial charge is 0.323 e. The molecule has 1 rings (SSSR count). The Labute approximate surface area is 122 Å². The zero-order chi connectivity index (χ0) is 14.6. The number of nitrogens with zero attached hydrogens (tertiary/aromatic N) is 1. The van der Waals surface area contributed by atoms with Gasteiger partial charge in [0, 0.05) is 11.6 Å². The second-order valence-corrected chi connectivity index (χ2v) is 5.55. The van der Waals surface area contributed by atoms with Crippen molar-refractivity contribution in [2.75, 3.05) is 20.2 Å². The van der Waals surface area contributed by atoms with E-state index in [1.54, 1.807) is 44.0 Å². The van der Waals surface area contributed by atoms with Crippen LogP contribution in [0.1, 0.15) is 13.8 Å². The highest BCUT2D eigenvalue weighted by Crippen LogP contribution is 2.27. The average molecular weight is 306 g/mol. The molecule has 1 aromatic rings. The van der Waals surface area contributed by atoms with Crippen LogP contribution in [0, 0.1) is 0 Å². The van der Waals surface area contributed by atoms with E-state index < -0.39 is 11.5 Å². The van der Waals surface area contributed by atoms with Crippen LogP contribution >= 0.6 is 23.2 Å². The van der Waals surface area contributed by atoms with Gasteiger partial charge in [-0.3, -0.25) is 9.69 Å². The summed E-state index contributed by atoms with van der Waals surface area (Å²) in [6.45, 7) is 4.10. The highest BCUT2D eigenvalue weighted by molar-refractivity contribution is 6.35. The van der Waals surface area contributed by atoms with E-state index in [9.17, 15) is 4.79 Å². The van der Waals surface area contributed by atoms with Crippen molar-refractivity contribution in [2.24, 2.45) is 0 Å². The first-order valence-electron chi connectivity index (χ1n) is 5.77. The van der Waals surface area contributed by atoms with Crippen LogP contribution in [-0.4, -0.2) is 41.7 Å². The number of likely N-dealkylation sites (N-methyl/N-ethyl adjacent to an activating group) is 1. The van der Waals surface area contributed by atoms with Crippen molar-refractivity contribution in [1.82, 2.24) is 4.90 Å². The number of hydrogen-bond acceptors (Lipinski definition) is 3. The van der Waals surface area contributed by atoms with E-state index in [2.05, 4.69) is 0 Å². The summed E-state index contributed by atoms with van der Waals surface area (Å²) in [7, 11) is 1.74. The predicted octanol–water partition coefficient (Wildman–Crippen LogP) is 3.17. The molecule has 0 saturated heterocycles. The van der Waals surface area contributed by atoms with Crippen molar-refractivity contribution >= 4 is 29.2 Å². The lowest BCUT2D eigenvalue weighted by molar-refractivity contribution is -0.148. The normalized spacial score (nSPS) is 11.7. The second-order valence-electron chi connectivity index (χ2n) is 4.71. The molecule has 0 aliphatic rings. The fourth-order valence-electron chi connectivity index (χ4n) is 1.33. The number of carboxylic acids is 1. The minimum atomic E-state index is -0.937. The van der Waals surface area contributed by atoms with Crippen LogP contribution in [0.5, 0.6) is 5.75 Å². The van der Waals surface area contributed by atoms with E-state index >= 15 is 0 Å². The number of carboxylic acid groups (broad SMARTS) is 1. The Kier molecular flexibility index (Phi) is 5.47. The van der Waals surface area contributed by atoms with E-state index in [0.29, 0.717) is 28.9 Å². The van der Waals surface area contributed by atoms with Crippen LogP contribution < -0.4 is 4.74 Å². The number of rotatable bonds is 6. The zero-order valence-corrected chi connectivity index (χ0v) is 12.6. The number of benzene rings is 1. The molecule has 1 N–H and O–H groups in total. The van der Waals surface area contributed by atoms with Gasteiger partial charge in [-0.1, -0.05) is 23.2 Å². The van der Waals surface area contributed by atoms with Crippen LogP contribution in [0.3, 0.4) is 0 Å². The molecular formula is C13H17Cl2NO3. The summed E-state index contributed by atoms with van der Waals surface area (Å²) in [5, 5.41) is 10.1. The lowest BCUT2D eigenvalue weighted by Crippen LogP contribution is -2.49. The molecule has 1 aromatic carbocycles. The van der Waals surface area contributed by atoms with Gasteiger partial charge in [0.05, 0.1) is 5.02 Å². The fraction of sp³-hybridized carbons (Fsp3) is 0.462. The lowest BCUT2D eigenvalue weighted by Gasteiger charge is -2.31.